The summed E-state index contributed by atoms with van der Waals surface area (Å²) < 4.78 is 0.802. The molecule has 1 aromatic rings. The zero-order valence-corrected chi connectivity index (χ0v) is 11.9. The van der Waals surface area contributed by atoms with E-state index in [4.69, 9.17) is 5.73 Å². The van der Waals surface area contributed by atoms with E-state index >= 15 is 0 Å². The van der Waals surface area contributed by atoms with E-state index < -0.39 is 0 Å². The number of nitrogens with two attached hydrogens (primary N) is 1. The van der Waals surface area contributed by atoms with Gasteiger partial charge in [0, 0.05) is 22.1 Å². The maximum Gasteiger partial charge on any atom is 0.164 e. The van der Waals surface area contributed by atoms with Crippen LogP contribution >= 0.6 is 15.9 Å². The molecule has 17 heavy (non-hydrogen) atoms. The largest absolute Gasteiger partial charge is 0.399 e. The Hall–Kier alpha value is -0.830. The molecular formula is C14H20BrNO. The zero-order chi connectivity index (χ0) is 12.7. The van der Waals surface area contributed by atoms with Gasteiger partial charge in [0.25, 0.3) is 0 Å². The monoisotopic (exact) mass is 297 g/mol. The molecule has 2 N–H and O–H groups in total. The van der Waals surface area contributed by atoms with Crippen LogP contribution in [0.4, 0.5) is 5.69 Å². The first-order valence-corrected chi connectivity index (χ1v) is 7.02. The second-order valence-corrected chi connectivity index (χ2v) is 5.18. The number of nitrogen functional groups attached to an aromatic ring is 1. The first-order valence-electron chi connectivity index (χ1n) is 6.23. The molecule has 0 unspecified atom stereocenters. The minimum absolute atomic E-state index is 0.202. The molecule has 0 bridgehead atoms. The van der Waals surface area contributed by atoms with Gasteiger partial charge in [0.05, 0.1) is 0 Å². The molecule has 0 fully saturated rings. The van der Waals surface area contributed by atoms with Crippen LogP contribution in [0.15, 0.2) is 22.7 Å². The van der Waals surface area contributed by atoms with Crippen LogP contribution in [-0.4, -0.2) is 5.78 Å². The molecule has 0 saturated heterocycles. The number of unbranched alkanes of at least 4 members (excludes halogenated alkanes) is 4. The summed E-state index contributed by atoms with van der Waals surface area (Å²) in [6, 6.07) is 5.35. The van der Waals surface area contributed by atoms with E-state index in [-0.39, 0.29) is 5.78 Å². The normalized spacial score (nSPS) is 10.5. The number of ketones is 1. The number of hydrogen-bond donors (Lipinski definition) is 1. The fourth-order valence-corrected chi connectivity index (χ4v) is 2.40. The molecule has 0 aliphatic rings. The van der Waals surface area contributed by atoms with Crippen molar-refractivity contribution in [1.82, 2.24) is 0 Å². The lowest BCUT2D eigenvalue weighted by Gasteiger charge is -2.04. The summed E-state index contributed by atoms with van der Waals surface area (Å²) in [6.07, 6.45) is 6.48. The van der Waals surface area contributed by atoms with Gasteiger partial charge in [-0.05, 0) is 40.5 Å². The number of carbonyl (C=O) groups is 1. The zero-order valence-electron chi connectivity index (χ0n) is 10.3. The van der Waals surface area contributed by atoms with Gasteiger partial charge in [-0.2, -0.15) is 0 Å². The average Bonchev–Trinajstić information content (AvgIpc) is 2.28. The highest BCUT2D eigenvalue weighted by Crippen LogP contribution is 2.22. The van der Waals surface area contributed by atoms with Gasteiger partial charge in [0.1, 0.15) is 0 Å². The Morgan fingerprint density at radius 2 is 1.94 bits per heavy atom. The number of benzene rings is 1. The van der Waals surface area contributed by atoms with Crippen molar-refractivity contribution in [3.05, 3.63) is 28.2 Å². The molecule has 1 rings (SSSR count). The van der Waals surface area contributed by atoms with Crippen molar-refractivity contribution in [1.29, 1.82) is 0 Å². The van der Waals surface area contributed by atoms with Crippen molar-refractivity contribution < 1.29 is 4.79 Å². The minimum atomic E-state index is 0.202. The predicted octanol–water partition coefficient (Wildman–Crippen LogP) is 4.57. The Labute approximate surface area is 112 Å². The van der Waals surface area contributed by atoms with Crippen LogP contribution < -0.4 is 5.73 Å². The van der Waals surface area contributed by atoms with Crippen molar-refractivity contribution >= 4 is 27.4 Å². The molecule has 2 nitrogen and oxygen atoms in total. The maximum absolute atomic E-state index is 11.9. The van der Waals surface area contributed by atoms with Gasteiger partial charge >= 0.3 is 0 Å². The highest BCUT2D eigenvalue weighted by atomic mass is 79.9. The molecule has 0 spiro atoms. The highest BCUT2D eigenvalue weighted by molar-refractivity contribution is 9.10. The standard InChI is InChI=1S/C14H20BrNO/c1-2-3-4-5-6-7-14(17)12-9-8-11(16)10-13(12)15/h8-10H,2-7,16H2,1H3. The van der Waals surface area contributed by atoms with Gasteiger partial charge in [-0.25, -0.2) is 0 Å². The second-order valence-electron chi connectivity index (χ2n) is 4.33. The molecule has 0 aromatic heterocycles. The SMILES string of the molecule is CCCCCCCC(=O)c1ccc(N)cc1Br. The molecule has 0 saturated carbocycles. The predicted molar refractivity (Wildman–Crippen MR) is 76.3 cm³/mol. The smallest absolute Gasteiger partial charge is 0.164 e. The van der Waals surface area contributed by atoms with Gasteiger partial charge in [-0.1, -0.05) is 32.6 Å². The van der Waals surface area contributed by atoms with E-state index in [1.54, 1.807) is 18.2 Å². The van der Waals surface area contributed by atoms with Gasteiger partial charge in [-0.3, -0.25) is 4.79 Å². The Bertz CT molecular complexity index is 376. The molecule has 94 valence electrons. The first kappa shape index (κ1) is 14.2. The number of Topliss-reactive ketones (excluding diaryl/α,β-unsaturated/α-hetero) is 1. The summed E-state index contributed by atoms with van der Waals surface area (Å²) >= 11 is 3.38. The topological polar surface area (TPSA) is 43.1 Å². The fraction of sp³-hybridized carbons (Fsp3) is 0.500. The summed E-state index contributed by atoms with van der Waals surface area (Å²) in [5, 5.41) is 0. The molecule has 0 heterocycles. The van der Waals surface area contributed by atoms with Gasteiger partial charge < -0.3 is 5.73 Å². The van der Waals surface area contributed by atoms with E-state index in [1.807, 2.05) is 0 Å². The van der Waals surface area contributed by atoms with Crippen LogP contribution in [0, 0.1) is 0 Å². The minimum Gasteiger partial charge on any atom is -0.399 e. The number of hydrogen-bond acceptors (Lipinski definition) is 2. The van der Waals surface area contributed by atoms with Crippen LogP contribution in [0.2, 0.25) is 0 Å². The third-order valence-electron chi connectivity index (χ3n) is 2.80. The van der Waals surface area contributed by atoms with E-state index in [2.05, 4.69) is 22.9 Å². The summed E-state index contributed by atoms with van der Waals surface area (Å²) in [4.78, 5) is 11.9. The van der Waals surface area contributed by atoms with Crippen molar-refractivity contribution in [3.63, 3.8) is 0 Å². The Balaban J connectivity index is 2.42. The third kappa shape index (κ3) is 4.90. The van der Waals surface area contributed by atoms with Crippen LogP contribution in [0.25, 0.3) is 0 Å². The second kappa shape index (κ2) is 7.49. The van der Waals surface area contributed by atoms with E-state index in [0.717, 1.165) is 22.9 Å². The summed E-state index contributed by atoms with van der Waals surface area (Å²) in [5.74, 6) is 0.202. The molecule has 0 amide bonds. The fourth-order valence-electron chi connectivity index (χ4n) is 1.78. The molecular weight excluding hydrogens is 278 g/mol. The molecule has 0 aliphatic heterocycles. The van der Waals surface area contributed by atoms with Crippen molar-refractivity contribution in [2.24, 2.45) is 0 Å². The summed E-state index contributed by atoms with van der Waals surface area (Å²) in [7, 11) is 0. The molecule has 0 radical (unpaired) electrons. The van der Waals surface area contributed by atoms with Crippen molar-refractivity contribution in [2.45, 2.75) is 45.4 Å². The summed E-state index contributed by atoms with van der Waals surface area (Å²) in [6.45, 7) is 2.19. The lowest BCUT2D eigenvalue weighted by atomic mass is 10.0. The number of carbonyl (C=O) groups excluding carboxylic acids is 1. The van der Waals surface area contributed by atoms with Crippen LogP contribution in [0.5, 0.6) is 0 Å². The summed E-state index contributed by atoms with van der Waals surface area (Å²) in [5.41, 5.74) is 7.06. The quantitative estimate of drug-likeness (QED) is 0.455. The Morgan fingerprint density at radius 3 is 2.59 bits per heavy atom. The third-order valence-corrected chi connectivity index (χ3v) is 3.46. The lowest BCUT2D eigenvalue weighted by molar-refractivity contribution is 0.0978. The van der Waals surface area contributed by atoms with Crippen molar-refractivity contribution in [3.8, 4) is 0 Å². The number of halogens is 1. The molecule has 0 aliphatic carbocycles. The molecule has 1 aromatic carbocycles. The van der Waals surface area contributed by atoms with E-state index in [0.29, 0.717) is 12.1 Å². The molecule has 3 heteroatoms. The molecule has 0 atom stereocenters. The average molecular weight is 298 g/mol. The highest BCUT2D eigenvalue weighted by Gasteiger charge is 2.09. The van der Waals surface area contributed by atoms with Crippen LogP contribution in [-0.2, 0) is 0 Å². The van der Waals surface area contributed by atoms with Gasteiger partial charge in [0.15, 0.2) is 5.78 Å². The first-order chi connectivity index (χ1) is 8.15. The van der Waals surface area contributed by atoms with E-state index in [1.165, 1.54) is 19.3 Å². The van der Waals surface area contributed by atoms with Gasteiger partial charge in [0.2, 0.25) is 0 Å². The van der Waals surface area contributed by atoms with Crippen LogP contribution in [0.1, 0.15) is 55.8 Å². The van der Waals surface area contributed by atoms with Gasteiger partial charge in [-0.15, -0.1) is 0 Å². The Kier molecular flexibility index (Phi) is 6.27. The number of rotatable bonds is 7. The number of anilines is 1. The lowest BCUT2D eigenvalue weighted by Crippen LogP contribution is -2.01. The van der Waals surface area contributed by atoms with E-state index in [9.17, 15) is 4.79 Å². The maximum atomic E-state index is 11.9. The van der Waals surface area contributed by atoms with Crippen molar-refractivity contribution in [2.75, 3.05) is 5.73 Å². The van der Waals surface area contributed by atoms with Crippen LogP contribution in [0.3, 0.4) is 0 Å². The Morgan fingerprint density at radius 1 is 1.24 bits per heavy atom.